The predicted octanol–water partition coefficient (Wildman–Crippen LogP) is 4.07. The van der Waals surface area contributed by atoms with Crippen LogP contribution in [0.5, 0.6) is 11.5 Å². The van der Waals surface area contributed by atoms with Crippen LogP contribution in [-0.4, -0.2) is 57.0 Å². The normalized spacial score (nSPS) is 19.3. The Bertz CT molecular complexity index is 922. The zero-order valence-corrected chi connectivity index (χ0v) is 18.6. The Morgan fingerprint density at radius 3 is 2.59 bits per heavy atom. The van der Waals surface area contributed by atoms with Gasteiger partial charge in [-0.1, -0.05) is 13.0 Å². The fraction of sp³-hybridized carbons (Fsp3) is 0.480. The number of carbonyl (C=O) groups excluding carboxylic acids is 1. The Morgan fingerprint density at radius 1 is 1.19 bits per heavy atom. The molecule has 0 unspecified atom stereocenters. The second kappa shape index (κ2) is 9.88. The van der Waals surface area contributed by atoms with Gasteiger partial charge >= 0.3 is 0 Å². The first kappa shape index (κ1) is 22.6. The number of hydrogen-bond donors (Lipinski definition) is 0. The SMILES string of the molecule is COc1ccc(CN(C[C@@H]2CCCO2)C(=O)c2ccc(F)cc2)cc1OCC1(C)COC1. The summed E-state index contributed by atoms with van der Waals surface area (Å²) in [6.07, 6.45) is 1.92. The van der Waals surface area contributed by atoms with Gasteiger partial charge in [-0.3, -0.25) is 4.79 Å². The molecule has 0 spiro atoms. The van der Waals surface area contributed by atoms with Gasteiger partial charge in [-0.05, 0) is 54.8 Å². The highest BCUT2D eigenvalue weighted by atomic mass is 19.1. The number of carbonyl (C=O) groups is 1. The van der Waals surface area contributed by atoms with Crippen molar-refractivity contribution in [2.24, 2.45) is 5.41 Å². The van der Waals surface area contributed by atoms with Gasteiger partial charge in [0, 0.05) is 30.7 Å². The van der Waals surface area contributed by atoms with Crippen molar-refractivity contribution >= 4 is 5.91 Å². The molecule has 1 amide bonds. The van der Waals surface area contributed by atoms with E-state index in [-0.39, 0.29) is 23.2 Å². The van der Waals surface area contributed by atoms with Crippen molar-refractivity contribution in [1.29, 1.82) is 0 Å². The monoisotopic (exact) mass is 443 g/mol. The number of nitrogens with zero attached hydrogens (tertiary/aromatic N) is 1. The summed E-state index contributed by atoms with van der Waals surface area (Å²) in [5.41, 5.74) is 1.38. The summed E-state index contributed by atoms with van der Waals surface area (Å²) in [6, 6.07) is 11.4. The number of rotatable bonds is 9. The third kappa shape index (κ3) is 5.40. The van der Waals surface area contributed by atoms with Gasteiger partial charge in [0.1, 0.15) is 5.82 Å². The van der Waals surface area contributed by atoms with Gasteiger partial charge < -0.3 is 23.8 Å². The minimum Gasteiger partial charge on any atom is -0.493 e. The Kier molecular flexibility index (Phi) is 6.96. The summed E-state index contributed by atoms with van der Waals surface area (Å²) >= 11 is 0. The van der Waals surface area contributed by atoms with Crippen molar-refractivity contribution < 1.29 is 28.1 Å². The Labute approximate surface area is 188 Å². The summed E-state index contributed by atoms with van der Waals surface area (Å²) in [4.78, 5) is 15.0. The standard InChI is InChI=1S/C25H30FNO5/c1-25(15-30-16-25)17-32-23-12-18(5-10-22(23)29-2)13-27(14-21-4-3-11-31-21)24(28)19-6-8-20(26)9-7-19/h5-10,12,21H,3-4,11,13-17H2,1-2H3/t21-/m0/s1. The predicted molar refractivity (Wildman–Crippen MR) is 118 cm³/mol. The molecule has 172 valence electrons. The molecule has 0 saturated carbocycles. The Morgan fingerprint density at radius 2 is 1.97 bits per heavy atom. The minimum absolute atomic E-state index is 0.00537. The molecule has 0 aromatic heterocycles. The van der Waals surface area contributed by atoms with E-state index in [1.54, 1.807) is 12.0 Å². The van der Waals surface area contributed by atoms with Crippen LogP contribution in [0.1, 0.15) is 35.7 Å². The molecule has 2 aliphatic heterocycles. The van der Waals surface area contributed by atoms with Crippen LogP contribution in [0.3, 0.4) is 0 Å². The first-order chi connectivity index (χ1) is 15.5. The molecule has 0 bridgehead atoms. The number of amides is 1. The molecule has 0 aliphatic carbocycles. The number of benzene rings is 2. The van der Waals surface area contributed by atoms with E-state index in [4.69, 9.17) is 18.9 Å². The molecule has 32 heavy (non-hydrogen) atoms. The quantitative estimate of drug-likeness (QED) is 0.585. The molecule has 4 rings (SSSR count). The topological polar surface area (TPSA) is 57.2 Å². The smallest absolute Gasteiger partial charge is 0.254 e. The largest absolute Gasteiger partial charge is 0.493 e. The van der Waals surface area contributed by atoms with Gasteiger partial charge in [-0.25, -0.2) is 4.39 Å². The average molecular weight is 444 g/mol. The highest BCUT2D eigenvalue weighted by Gasteiger charge is 2.34. The van der Waals surface area contributed by atoms with Gasteiger partial charge in [-0.2, -0.15) is 0 Å². The Hall–Kier alpha value is -2.64. The molecule has 6 nitrogen and oxygen atoms in total. The Balaban J connectivity index is 1.52. The molecule has 2 heterocycles. The van der Waals surface area contributed by atoms with E-state index in [1.807, 2.05) is 18.2 Å². The van der Waals surface area contributed by atoms with Gasteiger partial charge in [0.05, 0.1) is 33.0 Å². The third-order valence-electron chi connectivity index (χ3n) is 5.91. The number of methoxy groups -OCH3 is 1. The van der Waals surface area contributed by atoms with Crippen LogP contribution in [0.4, 0.5) is 4.39 Å². The van der Waals surface area contributed by atoms with Crippen molar-refractivity contribution in [2.75, 3.05) is 40.1 Å². The van der Waals surface area contributed by atoms with Crippen molar-refractivity contribution in [3.8, 4) is 11.5 Å². The lowest BCUT2D eigenvalue weighted by Gasteiger charge is -2.37. The van der Waals surface area contributed by atoms with Gasteiger partial charge in [0.25, 0.3) is 5.91 Å². The van der Waals surface area contributed by atoms with Crippen LogP contribution in [0, 0.1) is 11.2 Å². The third-order valence-corrected chi connectivity index (χ3v) is 5.91. The van der Waals surface area contributed by atoms with E-state index in [0.29, 0.717) is 56.6 Å². The first-order valence-electron chi connectivity index (χ1n) is 11.0. The van der Waals surface area contributed by atoms with Crippen LogP contribution in [0.2, 0.25) is 0 Å². The van der Waals surface area contributed by atoms with E-state index in [0.717, 1.165) is 18.4 Å². The van der Waals surface area contributed by atoms with Gasteiger partial charge in [0.2, 0.25) is 0 Å². The van der Waals surface area contributed by atoms with Crippen LogP contribution in [0.15, 0.2) is 42.5 Å². The van der Waals surface area contributed by atoms with E-state index >= 15 is 0 Å². The molecule has 2 aromatic carbocycles. The van der Waals surface area contributed by atoms with E-state index in [2.05, 4.69) is 6.92 Å². The van der Waals surface area contributed by atoms with Crippen LogP contribution >= 0.6 is 0 Å². The van der Waals surface area contributed by atoms with Crippen molar-refractivity contribution in [3.05, 3.63) is 59.4 Å². The van der Waals surface area contributed by atoms with Crippen molar-refractivity contribution in [1.82, 2.24) is 4.90 Å². The van der Waals surface area contributed by atoms with Gasteiger partial charge in [0.15, 0.2) is 11.5 Å². The zero-order valence-electron chi connectivity index (χ0n) is 18.6. The summed E-state index contributed by atoms with van der Waals surface area (Å²) < 4.78 is 36.0. The summed E-state index contributed by atoms with van der Waals surface area (Å²) in [5, 5.41) is 0. The molecular weight excluding hydrogens is 413 g/mol. The molecule has 0 radical (unpaired) electrons. The second-order valence-electron chi connectivity index (χ2n) is 8.90. The zero-order chi connectivity index (χ0) is 22.6. The number of hydrogen-bond acceptors (Lipinski definition) is 5. The highest BCUT2D eigenvalue weighted by Crippen LogP contribution is 2.33. The summed E-state index contributed by atoms with van der Waals surface area (Å²) in [6.45, 7) is 5.59. The number of halogens is 1. The number of ether oxygens (including phenoxy) is 4. The maximum atomic E-state index is 13.3. The highest BCUT2D eigenvalue weighted by molar-refractivity contribution is 5.94. The lowest BCUT2D eigenvalue weighted by atomic mass is 9.90. The fourth-order valence-electron chi connectivity index (χ4n) is 3.97. The molecular formula is C25H30FNO5. The molecule has 2 fully saturated rings. The molecule has 1 atom stereocenters. The van der Waals surface area contributed by atoms with Gasteiger partial charge in [-0.15, -0.1) is 0 Å². The van der Waals surface area contributed by atoms with Crippen LogP contribution in [-0.2, 0) is 16.0 Å². The molecule has 7 heteroatoms. The van der Waals surface area contributed by atoms with Crippen LogP contribution in [0.25, 0.3) is 0 Å². The average Bonchev–Trinajstić information content (AvgIpc) is 3.29. The second-order valence-corrected chi connectivity index (χ2v) is 8.90. The maximum Gasteiger partial charge on any atom is 0.254 e. The van der Waals surface area contributed by atoms with E-state index in [9.17, 15) is 9.18 Å². The van der Waals surface area contributed by atoms with E-state index < -0.39 is 0 Å². The van der Waals surface area contributed by atoms with Crippen molar-refractivity contribution in [2.45, 2.75) is 32.4 Å². The first-order valence-corrected chi connectivity index (χ1v) is 11.0. The maximum absolute atomic E-state index is 13.3. The molecule has 2 saturated heterocycles. The summed E-state index contributed by atoms with van der Waals surface area (Å²) in [7, 11) is 1.61. The lowest BCUT2D eigenvalue weighted by molar-refractivity contribution is -0.120. The van der Waals surface area contributed by atoms with Crippen LogP contribution < -0.4 is 9.47 Å². The lowest BCUT2D eigenvalue weighted by Crippen LogP contribution is -2.44. The molecule has 0 N–H and O–H groups in total. The molecule has 2 aromatic rings. The van der Waals surface area contributed by atoms with E-state index in [1.165, 1.54) is 24.3 Å². The van der Waals surface area contributed by atoms with Crippen molar-refractivity contribution in [3.63, 3.8) is 0 Å². The molecule has 2 aliphatic rings. The summed E-state index contributed by atoms with van der Waals surface area (Å²) in [5.74, 6) is 0.769. The fourth-order valence-corrected chi connectivity index (χ4v) is 3.97. The minimum atomic E-state index is -0.366.